The number of nitrogens with zero attached hydrogens (tertiary/aromatic N) is 1. The number of ether oxygens (including phenoxy) is 1. The monoisotopic (exact) mass is 430 g/mol. The van der Waals surface area contributed by atoms with E-state index in [0.29, 0.717) is 26.0 Å². The minimum atomic E-state index is -3.58. The Labute approximate surface area is 179 Å². The highest BCUT2D eigenvalue weighted by atomic mass is 32.2. The van der Waals surface area contributed by atoms with Gasteiger partial charge in [0, 0.05) is 13.1 Å². The van der Waals surface area contributed by atoms with Crippen LogP contribution in [-0.4, -0.2) is 44.4 Å². The molecule has 2 aromatic rings. The quantitative estimate of drug-likeness (QED) is 0.731. The molecule has 1 aliphatic heterocycles. The number of benzene rings is 2. The summed E-state index contributed by atoms with van der Waals surface area (Å²) in [5.41, 5.74) is 2.36. The maximum absolute atomic E-state index is 12.9. The molecule has 30 heavy (non-hydrogen) atoms. The van der Waals surface area contributed by atoms with Crippen molar-refractivity contribution in [1.82, 2.24) is 9.62 Å². The number of carbonyl (C=O) groups is 1. The molecular formula is C23H30N2O4S. The molecule has 1 heterocycles. The van der Waals surface area contributed by atoms with Gasteiger partial charge >= 0.3 is 0 Å². The third-order valence-corrected chi connectivity index (χ3v) is 7.38. The minimum Gasteiger partial charge on any atom is -0.491 e. The first-order chi connectivity index (χ1) is 14.3. The molecule has 2 aromatic carbocycles. The van der Waals surface area contributed by atoms with Gasteiger partial charge in [0.15, 0.2) is 0 Å². The molecule has 0 spiro atoms. The Morgan fingerprint density at radius 2 is 1.90 bits per heavy atom. The first kappa shape index (κ1) is 22.3. The lowest BCUT2D eigenvalue weighted by molar-refractivity contribution is -0.126. The van der Waals surface area contributed by atoms with Crippen molar-refractivity contribution >= 4 is 15.9 Å². The highest BCUT2D eigenvalue weighted by Gasteiger charge is 2.33. The van der Waals surface area contributed by atoms with Crippen LogP contribution in [0.15, 0.2) is 53.4 Å². The number of nitrogens with one attached hydrogen (secondary N) is 1. The fourth-order valence-electron chi connectivity index (χ4n) is 3.54. The lowest BCUT2D eigenvalue weighted by Crippen LogP contribution is -2.48. The Bertz CT molecular complexity index is 976. The van der Waals surface area contributed by atoms with E-state index in [-0.39, 0.29) is 29.3 Å². The van der Waals surface area contributed by atoms with E-state index in [9.17, 15) is 13.2 Å². The van der Waals surface area contributed by atoms with E-state index in [4.69, 9.17) is 4.74 Å². The molecule has 0 aliphatic carbocycles. The first-order valence-corrected chi connectivity index (χ1v) is 11.8. The molecule has 1 saturated heterocycles. The Hall–Kier alpha value is -2.38. The van der Waals surface area contributed by atoms with Gasteiger partial charge in [-0.1, -0.05) is 24.3 Å². The standard InChI is InChI=1S/C23H30N2O4S/c1-17-11-12-21(14-18(17)2)29-16-19(3)24-23(26)20-8-7-13-25(15-20)30(27,28)22-9-5-4-6-10-22/h4-6,9-12,14,19-20H,7-8,13,15-16H2,1-3H3,(H,24,26)/t19-,20+/m1/s1. The number of sulfonamides is 1. The zero-order chi connectivity index (χ0) is 21.7. The van der Waals surface area contributed by atoms with Crippen LogP contribution in [0, 0.1) is 19.8 Å². The third kappa shape index (κ3) is 5.40. The van der Waals surface area contributed by atoms with E-state index >= 15 is 0 Å². The van der Waals surface area contributed by atoms with E-state index < -0.39 is 10.0 Å². The molecule has 162 valence electrons. The molecule has 2 atom stereocenters. The molecular weight excluding hydrogens is 400 g/mol. The summed E-state index contributed by atoms with van der Waals surface area (Å²) in [4.78, 5) is 13.0. The lowest BCUT2D eigenvalue weighted by atomic mass is 9.98. The highest BCUT2D eigenvalue weighted by molar-refractivity contribution is 7.89. The summed E-state index contributed by atoms with van der Waals surface area (Å²) in [5, 5.41) is 2.97. The summed E-state index contributed by atoms with van der Waals surface area (Å²) in [6, 6.07) is 14.1. The zero-order valence-corrected chi connectivity index (χ0v) is 18.6. The molecule has 0 bridgehead atoms. The minimum absolute atomic E-state index is 0.126. The number of aryl methyl sites for hydroxylation is 2. The normalized spacial score (nSPS) is 18.6. The summed E-state index contributed by atoms with van der Waals surface area (Å²) in [7, 11) is -3.58. The second-order valence-electron chi connectivity index (χ2n) is 7.98. The predicted molar refractivity (Wildman–Crippen MR) is 117 cm³/mol. The second kappa shape index (κ2) is 9.62. The largest absolute Gasteiger partial charge is 0.491 e. The molecule has 7 heteroatoms. The summed E-state index contributed by atoms with van der Waals surface area (Å²) in [6.45, 7) is 6.96. The van der Waals surface area contributed by atoms with Crippen LogP contribution in [0.25, 0.3) is 0 Å². The van der Waals surface area contributed by atoms with Crippen LogP contribution in [0.4, 0.5) is 0 Å². The van der Waals surface area contributed by atoms with Crippen molar-refractivity contribution in [2.75, 3.05) is 19.7 Å². The van der Waals surface area contributed by atoms with Crippen molar-refractivity contribution in [3.8, 4) is 5.75 Å². The van der Waals surface area contributed by atoms with Gasteiger partial charge in [-0.15, -0.1) is 0 Å². The molecule has 0 saturated carbocycles. The maximum atomic E-state index is 12.9. The van der Waals surface area contributed by atoms with Crippen LogP contribution in [0.1, 0.15) is 30.9 Å². The molecule has 0 aromatic heterocycles. The van der Waals surface area contributed by atoms with E-state index in [1.54, 1.807) is 30.3 Å². The summed E-state index contributed by atoms with van der Waals surface area (Å²) in [5.74, 6) is 0.289. The van der Waals surface area contributed by atoms with Crippen LogP contribution in [0.2, 0.25) is 0 Å². The van der Waals surface area contributed by atoms with Crippen LogP contribution < -0.4 is 10.1 Å². The van der Waals surface area contributed by atoms with Crippen LogP contribution >= 0.6 is 0 Å². The van der Waals surface area contributed by atoms with Gasteiger partial charge in [-0.3, -0.25) is 4.79 Å². The van der Waals surface area contributed by atoms with E-state index in [2.05, 4.69) is 5.32 Å². The number of hydrogen-bond donors (Lipinski definition) is 1. The Kier molecular flexibility index (Phi) is 7.15. The molecule has 6 nitrogen and oxygen atoms in total. The van der Waals surface area contributed by atoms with Crippen molar-refractivity contribution in [3.05, 3.63) is 59.7 Å². The fraction of sp³-hybridized carbons (Fsp3) is 0.435. The van der Waals surface area contributed by atoms with Gasteiger partial charge in [0.25, 0.3) is 0 Å². The fourth-order valence-corrected chi connectivity index (χ4v) is 5.09. The Morgan fingerprint density at radius 1 is 1.17 bits per heavy atom. The molecule has 1 N–H and O–H groups in total. The van der Waals surface area contributed by atoms with E-state index in [1.807, 2.05) is 39.0 Å². The summed E-state index contributed by atoms with van der Waals surface area (Å²) in [6.07, 6.45) is 1.34. The van der Waals surface area contributed by atoms with Crippen molar-refractivity contribution in [2.45, 2.75) is 44.6 Å². The van der Waals surface area contributed by atoms with Gasteiger partial charge in [-0.05, 0) is 69.0 Å². The van der Waals surface area contributed by atoms with Crippen LogP contribution in [0.3, 0.4) is 0 Å². The van der Waals surface area contributed by atoms with E-state index in [1.165, 1.54) is 9.87 Å². The molecule has 0 unspecified atom stereocenters. The molecule has 1 amide bonds. The third-order valence-electron chi connectivity index (χ3n) is 5.50. The maximum Gasteiger partial charge on any atom is 0.243 e. The highest BCUT2D eigenvalue weighted by Crippen LogP contribution is 2.24. The molecule has 0 radical (unpaired) electrons. The molecule has 1 aliphatic rings. The number of amides is 1. The van der Waals surface area contributed by atoms with Crippen LogP contribution in [-0.2, 0) is 14.8 Å². The van der Waals surface area contributed by atoms with Crippen molar-refractivity contribution in [3.63, 3.8) is 0 Å². The van der Waals surface area contributed by atoms with Gasteiger partial charge in [0.1, 0.15) is 12.4 Å². The number of piperidine rings is 1. The van der Waals surface area contributed by atoms with Crippen LogP contribution in [0.5, 0.6) is 5.75 Å². The van der Waals surface area contributed by atoms with Crippen molar-refractivity contribution < 1.29 is 17.9 Å². The second-order valence-corrected chi connectivity index (χ2v) is 9.92. The smallest absolute Gasteiger partial charge is 0.243 e. The van der Waals surface area contributed by atoms with Gasteiger partial charge in [0.2, 0.25) is 15.9 Å². The SMILES string of the molecule is Cc1ccc(OC[C@@H](C)NC(=O)[C@H]2CCCN(S(=O)(=O)c3ccccc3)C2)cc1C. The first-order valence-electron chi connectivity index (χ1n) is 10.3. The lowest BCUT2D eigenvalue weighted by Gasteiger charge is -2.31. The summed E-state index contributed by atoms with van der Waals surface area (Å²) < 4.78 is 33.0. The van der Waals surface area contributed by atoms with E-state index in [0.717, 1.165) is 11.3 Å². The average molecular weight is 431 g/mol. The number of hydrogen-bond acceptors (Lipinski definition) is 4. The summed E-state index contributed by atoms with van der Waals surface area (Å²) >= 11 is 0. The molecule has 3 rings (SSSR count). The molecule has 1 fully saturated rings. The Morgan fingerprint density at radius 3 is 2.60 bits per heavy atom. The average Bonchev–Trinajstić information content (AvgIpc) is 2.75. The predicted octanol–water partition coefficient (Wildman–Crippen LogP) is 3.29. The Balaban J connectivity index is 1.55. The van der Waals surface area contributed by atoms with Gasteiger partial charge in [0.05, 0.1) is 16.9 Å². The van der Waals surface area contributed by atoms with Crippen molar-refractivity contribution in [2.24, 2.45) is 5.92 Å². The number of carbonyl (C=O) groups excluding carboxylic acids is 1. The topological polar surface area (TPSA) is 75.7 Å². The van der Waals surface area contributed by atoms with Gasteiger partial charge in [-0.25, -0.2) is 8.42 Å². The number of rotatable bonds is 7. The zero-order valence-electron chi connectivity index (χ0n) is 17.8. The van der Waals surface area contributed by atoms with Gasteiger partial charge < -0.3 is 10.1 Å². The van der Waals surface area contributed by atoms with Gasteiger partial charge in [-0.2, -0.15) is 4.31 Å². The van der Waals surface area contributed by atoms with Crippen molar-refractivity contribution in [1.29, 1.82) is 0 Å².